The number of fused-ring (bicyclic) bond motifs is 1. The highest BCUT2D eigenvalue weighted by Gasteiger charge is 2.33. The third-order valence-electron chi connectivity index (χ3n) is 5.39. The fourth-order valence-electron chi connectivity index (χ4n) is 3.77. The van der Waals surface area contributed by atoms with E-state index in [1.165, 1.54) is 16.2 Å². The minimum Gasteiger partial charge on any atom is -0.354 e. The molecule has 0 spiro atoms. The van der Waals surface area contributed by atoms with Crippen LogP contribution in [0.2, 0.25) is 0 Å². The van der Waals surface area contributed by atoms with Crippen LogP contribution in [0.3, 0.4) is 0 Å². The Kier molecular flexibility index (Phi) is 6.03. The summed E-state index contributed by atoms with van der Waals surface area (Å²) in [5.74, 6) is 2.42. The van der Waals surface area contributed by atoms with Crippen LogP contribution in [0, 0.1) is 0 Å². The van der Waals surface area contributed by atoms with Crippen molar-refractivity contribution in [1.82, 2.24) is 14.3 Å². The molecule has 3 aromatic rings. The van der Waals surface area contributed by atoms with Crippen LogP contribution in [0.4, 0.5) is 5.82 Å². The van der Waals surface area contributed by atoms with E-state index < -0.39 is 0 Å². The van der Waals surface area contributed by atoms with E-state index in [1.54, 1.807) is 23.2 Å². The van der Waals surface area contributed by atoms with Gasteiger partial charge in [0.15, 0.2) is 0 Å². The zero-order chi connectivity index (χ0) is 22.1. The van der Waals surface area contributed by atoms with Gasteiger partial charge >= 0.3 is 0 Å². The average molecular weight is 481 g/mol. The van der Waals surface area contributed by atoms with Gasteiger partial charge < -0.3 is 4.90 Å². The second kappa shape index (κ2) is 9.09. The maximum atomic E-state index is 13.4. The smallest absolute Gasteiger partial charge is 0.267 e. The predicted molar refractivity (Wildman–Crippen MR) is 136 cm³/mol. The molecular weight excluding hydrogens is 460 g/mol. The molecule has 1 aromatic carbocycles. The second-order valence-corrected chi connectivity index (χ2v) is 10.3. The van der Waals surface area contributed by atoms with E-state index in [0.29, 0.717) is 32.8 Å². The summed E-state index contributed by atoms with van der Waals surface area (Å²) in [5, 5.41) is 0. The molecular formula is C23H20N4O2S3. The van der Waals surface area contributed by atoms with Gasteiger partial charge in [0.05, 0.1) is 17.0 Å². The van der Waals surface area contributed by atoms with Gasteiger partial charge in [-0.05, 0) is 23.8 Å². The Morgan fingerprint density at radius 2 is 1.78 bits per heavy atom. The Morgan fingerprint density at radius 3 is 2.56 bits per heavy atom. The first-order valence-corrected chi connectivity index (χ1v) is 12.6. The highest BCUT2D eigenvalue weighted by Crippen LogP contribution is 2.34. The number of carbonyl (C=O) groups excluding carboxylic acids is 1. The highest BCUT2D eigenvalue weighted by atomic mass is 32.2. The minimum atomic E-state index is -0.183. The summed E-state index contributed by atoms with van der Waals surface area (Å²) in [6, 6.07) is 15.2. The van der Waals surface area contributed by atoms with Crippen molar-refractivity contribution >= 4 is 63.5 Å². The number of amides is 1. The third-order valence-corrected chi connectivity index (χ3v) is 7.71. The molecule has 2 aliphatic rings. The molecule has 0 atom stereocenters. The Bertz CT molecular complexity index is 1280. The van der Waals surface area contributed by atoms with Gasteiger partial charge in [0, 0.05) is 30.8 Å². The van der Waals surface area contributed by atoms with E-state index in [4.69, 9.17) is 17.2 Å². The molecule has 0 N–H and O–H groups in total. The summed E-state index contributed by atoms with van der Waals surface area (Å²) >= 11 is 8.62. The summed E-state index contributed by atoms with van der Waals surface area (Å²) in [5.41, 5.74) is 1.85. The zero-order valence-electron chi connectivity index (χ0n) is 17.1. The van der Waals surface area contributed by atoms with E-state index in [9.17, 15) is 9.59 Å². The highest BCUT2D eigenvalue weighted by molar-refractivity contribution is 8.26. The topological polar surface area (TPSA) is 57.9 Å². The van der Waals surface area contributed by atoms with Crippen molar-refractivity contribution < 1.29 is 4.79 Å². The maximum Gasteiger partial charge on any atom is 0.267 e. The van der Waals surface area contributed by atoms with Gasteiger partial charge in [-0.1, -0.05) is 60.4 Å². The molecule has 0 unspecified atom stereocenters. The average Bonchev–Trinajstić information content (AvgIpc) is 3.09. The lowest BCUT2D eigenvalue weighted by Gasteiger charge is -2.28. The number of hydrogen-bond acceptors (Lipinski definition) is 7. The number of thioether (sulfide) groups is 2. The van der Waals surface area contributed by atoms with E-state index in [-0.39, 0.29) is 11.5 Å². The molecule has 4 heterocycles. The van der Waals surface area contributed by atoms with Crippen LogP contribution in [0.5, 0.6) is 0 Å². The van der Waals surface area contributed by atoms with Gasteiger partial charge in [-0.15, -0.1) is 0 Å². The summed E-state index contributed by atoms with van der Waals surface area (Å²) in [6.45, 7) is 2.04. The van der Waals surface area contributed by atoms with Crippen molar-refractivity contribution in [2.75, 3.05) is 29.5 Å². The van der Waals surface area contributed by atoms with Crippen LogP contribution in [0.25, 0.3) is 11.7 Å². The summed E-state index contributed by atoms with van der Waals surface area (Å²) < 4.78 is 2.02. The lowest BCUT2D eigenvalue weighted by molar-refractivity contribution is -0.122. The lowest BCUT2D eigenvalue weighted by atomic mass is 10.2. The lowest BCUT2D eigenvalue weighted by Crippen LogP contribution is -2.35. The van der Waals surface area contributed by atoms with Crippen molar-refractivity contribution in [3.63, 3.8) is 0 Å². The number of aromatic nitrogens is 2. The van der Waals surface area contributed by atoms with E-state index in [2.05, 4.69) is 4.90 Å². The monoisotopic (exact) mass is 480 g/mol. The molecule has 2 fully saturated rings. The molecule has 2 saturated heterocycles. The first-order chi connectivity index (χ1) is 15.6. The van der Waals surface area contributed by atoms with Gasteiger partial charge in [-0.2, -0.15) is 11.8 Å². The Balaban J connectivity index is 1.56. The molecule has 0 aliphatic carbocycles. The van der Waals surface area contributed by atoms with Crippen molar-refractivity contribution in [2.24, 2.45) is 0 Å². The molecule has 2 aliphatic heterocycles. The summed E-state index contributed by atoms with van der Waals surface area (Å²) in [6.07, 6.45) is 3.38. The Hall–Kier alpha value is -2.62. The van der Waals surface area contributed by atoms with Crippen molar-refractivity contribution in [2.45, 2.75) is 6.54 Å². The second-order valence-electron chi connectivity index (χ2n) is 7.44. The van der Waals surface area contributed by atoms with Crippen LogP contribution < -0.4 is 10.5 Å². The fraction of sp³-hybridized carbons (Fsp3) is 0.217. The summed E-state index contributed by atoms with van der Waals surface area (Å²) in [4.78, 5) is 35.6. The molecule has 6 nitrogen and oxygen atoms in total. The minimum absolute atomic E-state index is 0.179. The number of rotatable bonds is 4. The van der Waals surface area contributed by atoms with Crippen molar-refractivity contribution in [1.29, 1.82) is 0 Å². The maximum absolute atomic E-state index is 13.4. The number of nitrogens with zero attached hydrogens (tertiary/aromatic N) is 4. The standard InChI is InChI=1S/C23H20N4O2S3/c28-21-17(14-18-22(29)27(23(30)32-18)15-16-6-2-1-3-7-16)20(25-10-12-31-13-11-25)24-19-8-4-5-9-26(19)21/h1-9,14H,10-13,15H2/b18-14-. The Labute approximate surface area is 199 Å². The molecule has 162 valence electrons. The molecule has 0 saturated carbocycles. The number of hydrogen-bond donors (Lipinski definition) is 0. The first kappa shape index (κ1) is 21.2. The van der Waals surface area contributed by atoms with Gasteiger partial charge in [0.25, 0.3) is 11.5 Å². The molecule has 1 amide bonds. The zero-order valence-corrected chi connectivity index (χ0v) is 19.6. The number of carbonyl (C=O) groups is 1. The van der Waals surface area contributed by atoms with Crippen molar-refractivity contribution in [3.8, 4) is 0 Å². The Morgan fingerprint density at radius 1 is 1.03 bits per heavy atom. The molecule has 0 radical (unpaired) electrons. The van der Waals surface area contributed by atoms with E-state index in [1.807, 2.05) is 54.2 Å². The summed E-state index contributed by atoms with van der Waals surface area (Å²) in [7, 11) is 0. The van der Waals surface area contributed by atoms with Crippen molar-refractivity contribution in [3.05, 3.63) is 81.1 Å². The van der Waals surface area contributed by atoms with Crippen LogP contribution >= 0.6 is 35.7 Å². The quantitative estimate of drug-likeness (QED) is 0.417. The number of anilines is 1. The fourth-order valence-corrected chi connectivity index (χ4v) is 5.91. The largest absolute Gasteiger partial charge is 0.354 e. The van der Waals surface area contributed by atoms with Gasteiger partial charge in [-0.3, -0.25) is 18.9 Å². The van der Waals surface area contributed by atoms with E-state index >= 15 is 0 Å². The number of benzene rings is 1. The molecule has 0 bridgehead atoms. The van der Waals surface area contributed by atoms with Crippen LogP contribution in [-0.2, 0) is 11.3 Å². The first-order valence-electron chi connectivity index (χ1n) is 10.3. The van der Waals surface area contributed by atoms with Crippen LogP contribution in [0.1, 0.15) is 11.1 Å². The molecule has 2 aromatic heterocycles. The van der Waals surface area contributed by atoms with Crippen LogP contribution in [0.15, 0.2) is 64.4 Å². The predicted octanol–water partition coefficient (Wildman–Crippen LogP) is 3.65. The number of pyridine rings is 1. The number of thiocarbonyl (C=S) groups is 1. The van der Waals surface area contributed by atoms with Gasteiger partial charge in [0.2, 0.25) is 0 Å². The van der Waals surface area contributed by atoms with Crippen LogP contribution in [-0.4, -0.2) is 49.1 Å². The van der Waals surface area contributed by atoms with Gasteiger partial charge in [-0.25, -0.2) is 4.98 Å². The van der Waals surface area contributed by atoms with E-state index in [0.717, 1.165) is 30.2 Å². The molecule has 5 rings (SSSR count). The SMILES string of the molecule is O=C1/C(=C/c2c(N3CCSCC3)nc3ccccn3c2=O)SC(=S)N1Cc1ccccc1. The molecule has 32 heavy (non-hydrogen) atoms. The normalized spacial score (nSPS) is 18.2. The third kappa shape index (κ3) is 4.07. The molecule has 9 heteroatoms. The van der Waals surface area contributed by atoms with Gasteiger partial charge in [0.1, 0.15) is 15.8 Å².